The minimum absolute atomic E-state index is 0. The van der Waals surface area contributed by atoms with Gasteiger partial charge in [0.25, 0.3) is 0 Å². The Kier molecular flexibility index (Phi) is 31.5. The molecule has 0 fully saturated rings. The van der Waals surface area contributed by atoms with Crippen molar-refractivity contribution >= 4 is 17.7 Å². The maximum Gasteiger partial charge on any atom is 1.00 e. The molecule has 0 radical (unpaired) electrons. The van der Waals surface area contributed by atoms with E-state index < -0.39 is 12.1 Å². The van der Waals surface area contributed by atoms with E-state index in [2.05, 4.69) is 6.92 Å². The van der Waals surface area contributed by atoms with Gasteiger partial charge in [-0.15, -0.1) is 0 Å². The molecule has 0 saturated carbocycles. The third-order valence-corrected chi connectivity index (χ3v) is 4.59. The molecular weight excluding hydrogens is 379 g/mol. The molecule has 164 valence electrons. The predicted molar refractivity (Wildman–Crippen MR) is 112 cm³/mol. The number of allylic oxidation sites excluding steroid dienone is 1. The molecule has 5 nitrogen and oxygen atoms in total. The summed E-state index contributed by atoms with van der Waals surface area (Å²) in [5, 5.41) is 17.3. The normalized spacial score (nSPS) is 10.7. The van der Waals surface area contributed by atoms with E-state index in [-0.39, 0.29) is 35.3 Å². The molecule has 0 aromatic heterocycles. The van der Waals surface area contributed by atoms with Crippen molar-refractivity contribution in [2.45, 2.75) is 123 Å². The Labute approximate surface area is 200 Å². The molecule has 1 unspecified atom stereocenters. The third-order valence-electron chi connectivity index (χ3n) is 4.59. The van der Waals surface area contributed by atoms with Gasteiger partial charge in [0.15, 0.2) is 5.78 Å². The van der Waals surface area contributed by atoms with Crippen LogP contribution in [0.15, 0.2) is 6.08 Å². The summed E-state index contributed by atoms with van der Waals surface area (Å²) in [6.07, 6.45) is 20.1. The van der Waals surface area contributed by atoms with E-state index in [1.54, 1.807) is 5.94 Å². The Morgan fingerprint density at radius 2 is 1.14 bits per heavy atom. The van der Waals surface area contributed by atoms with E-state index in [0.29, 0.717) is 6.42 Å². The third kappa shape index (κ3) is 32.4. The van der Waals surface area contributed by atoms with Crippen LogP contribution in [0.3, 0.4) is 0 Å². The van der Waals surface area contributed by atoms with Crippen LogP contribution in [0, 0.1) is 0 Å². The molecule has 0 aliphatic rings. The number of aliphatic hydroxyl groups is 1. The zero-order chi connectivity index (χ0) is 21.5. The van der Waals surface area contributed by atoms with Gasteiger partial charge in [0.05, 0.1) is 18.1 Å². The molecule has 0 aliphatic heterocycles. The van der Waals surface area contributed by atoms with Gasteiger partial charge in [0, 0.05) is 6.42 Å². The van der Waals surface area contributed by atoms with Crippen LogP contribution in [0.1, 0.15) is 117 Å². The molecule has 6 heteroatoms. The van der Waals surface area contributed by atoms with Crippen LogP contribution >= 0.6 is 0 Å². The van der Waals surface area contributed by atoms with Crippen LogP contribution in [0.5, 0.6) is 0 Å². The van der Waals surface area contributed by atoms with Crippen LogP contribution < -0.4 is 34.7 Å². The van der Waals surface area contributed by atoms with Crippen molar-refractivity contribution in [3.63, 3.8) is 0 Å². The molecule has 1 N–H and O–H groups in total. The number of unbranched alkanes of at least 4 members (excludes halogenated alkanes) is 14. The SMILES string of the molecule is CC(O)C(=O)[O-].CCCCCCCCCCCCCCCCCC(=O)C=C=O.[Na+]. The predicted octanol–water partition coefficient (Wildman–Crippen LogP) is 1.33. The summed E-state index contributed by atoms with van der Waals surface area (Å²) in [4.78, 5) is 30.4. The van der Waals surface area contributed by atoms with Crippen molar-refractivity contribution < 1.29 is 54.2 Å². The molecule has 0 rings (SSSR count). The van der Waals surface area contributed by atoms with Crippen molar-refractivity contribution in [3.05, 3.63) is 6.08 Å². The zero-order valence-corrected chi connectivity index (χ0v) is 21.0. The monoisotopic (exact) mass is 420 g/mol. The molecular formula is C23H41NaO5. The summed E-state index contributed by atoms with van der Waals surface area (Å²) >= 11 is 0. The van der Waals surface area contributed by atoms with Crippen LogP contribution in [0.25, 0.3) is 0 Å². The number of carbonyl (C=O) groups is 2. The van der Waals surface area contributed by atoms with Crippen molar-refractivity contribution in [1.29, 1.82) is 0 Å². The Morgan fingerprint density at radius 3 is 1.41 bits per heavy atom. The van der Waals surface area contributed by atoms with Crippen molar-refractivity contribution in [1.82, 2.24) is 0 Å². The van der Waals surface area contributed by atoms with Gasteiger partial charge >= 0.3 is 29.6 Å². The van der Waals surface area contributed by atoms with Crippen LogP contribution in [-0.4, -0.2) is 28.9 Å². The second kappa shape index (κ2) is 27.5. The molecule has 0 spiro atoms. The van der Waals surface area contributed by atoms with E-state index in [1.165, 1.54) is 83.5 Å². The summed E-state index contributed by atoms with van der Waals surface area (Å²) in [6.45, 7) is 3.40. The number of hydrogen-bond donors (Lipinski definition) is 1. The van der Waals surface area contributed by atoms with Gasteiger partial charge in [-0.25, -0.2) is 4.79 Å². The zero-order valence-electron chi connectivity index (χ0n) is 19.0. The standard InChI is InChI=1S/C20H36O2.C3H6O3.Na/c1-2-3-4-5-6-7-8-9-10-11-12-13-14-15-16-17-20(22)18-19-21;1-2(4)3(5)6;/h18H,2-17H2,1H3;2,4H,1H3,(H,5,6);/q;;+1/p-1. The molecule has 0 aliphatic carbocycles. The first-order valence-corrected chi connectivity index (χ1v) is 11.1. The number of rotatable bonds is 18. The summed E-state index contributed by atoms with van der Waals surface area (Å²) in [6, 6.07) is 0. The number of ketones is 1. The Balaban J connectivity index is -0.000000837. The van der Waals surface area contributed by atoms with Crippen LogP contribution in [0.4, 0.5) is 0 Å². The maximum absolute atomic E-state index is 11.1. The van der Waals surface area contributed by atoms with Gasteiger partial charge in [-0.3, -0.25) is 4.79 Å². The fourth-order valence-electron chi connectivity index (χ4n) is 2.81. The first-order chi connectivity index (χ1) is 13.5. The topological polar surface area (TPSA) is 94.5 Å². The average Bonchev–Trinajstić information content (AvgIpc) is 2.65. The summed E-state index contributed by atoms with van der Waals surface area (Å²) < 4.78 is 0. The smallest absolute Gasteiger partial charge is 0.547 e. The van der Waals surface area contributed by atoms with Gasteiger partial charge in [0.1, 0.15) is 5.94 Å². The molecule has 0 amide bonds. The molecule has 1 atom stereocenters. The second-order valence-corrected chi connectivity index (χ2v) is 7.42. The summed E-state index contributed by atoms with van der Waals surface area (Å²) in [5.41, 5.74) is 0. The fraction of sp³-hybridized carbons (Fsp3) is 0.826. The molecule has 0 bridgehead atoms. The van der Waals surface area contributed by atoms with E-state index in [1.807, 2.05) is 0 Å². The Hall–Kier alpha value is -0.450. The average molecular weight is 421 g/mol. The summed E-state index contributed by atoms with van der Waals surface area (Å²) in [5.74, 6) is 0.0310. The number of aliphatic hydroxyl groups excluding tert-OH is 1. The first-order valence-electron chi connectivity index (χ1n) is 11.1. The van der Waals surface area contributed by atoms with Gasteiger partial charge in [-0.1, -0.05) is 96.8 Å². The number of carbonyl (C=O) groups excluding carboxylic acids is 3. The van der Waals surface area contributed by atoms with Crippen LogP contribution in [0.2, 0.25) is 0 Å². The largest absolute Gasteiger partial charge is 1.00 e. The fourth-order valence-corrected chi connectivity index (χ4v) is 2.81. The molecule has 29 heavy (non-hydrogen) atoms. The van der Waals surface area contributed by atoms with Gasteiger partial charge in [-0.05, 0) is 13.3 Å². The van der Waals surface area contributed by atoms with E-state index in [0.717, 1.165) is 25.8 Å². The number of hydrogen-bond acceptors (Lipinski definition) is 5. The molecule has 0 aromatic rings. The molecule has 0 heterocycles. The van der Waals surface area contributed by atoms with E-state index in [9.17, 15) is 19.5 Å². The first kappa shape index (κ1) is 33.2. The van der Waals surface area contributed by atoms with E-state index >= 15 is 0 Å². The van der Waals surface area contributed by atoms with Gasteiger partial charge in [0.2, 0.25) is 0 Å². The number of carboxylic acids is 1. The van der Waals surface area contributed by atoms with Crippen molar-refractivity contribution in [3.8, 4) is 0 Å². The van der Waals surface area contributed by atoms with Crippen molar-refractivity contribution in [2.24, 2.45) is 0 Å². The quantitative estimate of drug-likeness (QED) is 0.156. The second-order valence-electron chi connectivity index (χ2n) is 7.42. The van der Waals surface area contributed by atoms with E-state index in [4.69, 9.17) is 5.11 Å². The minimum Gasteiger partial charge on any atom is -0.547 e. The Bertz CT molecular complexity index is 417. The summed E-state index contributed by atoms with van der Waals surface area (Å²) in [7, 11) is 0. The minimum atomic E-state index is -1.44. The molecule has 0 saturated heterocycles. The van der Waals surface area contributed by atoms with Crippen LogP contribution in [-0.2, 0) is 14.4 Å². The number of carboxylic acid groups (broad SMARTS) is 1. The Morgan fingerprint density at radius 1 is 0.828 bits per heavy atom. The van der Waals surface area contributed by atoms with Gasteiger partial charge in [-0.2, -0.15) is 0 Å². The van der Waals surface area contributed by atoms with Gasteiger partial charge < -0.3 is 15.0 Å². The number of aliphatic carboxylic acids is 1. The van der Waals surface area contributed by atoms with Crippen molar-refractivity contribution in [2.75, 3.05) is 0 Å². The molecule has 0 aromatic carbocycles. The maximum atomic E-state index is 11.1.